The summed E-state index contributed by atoms with van der Waals surface area (Å²) in [5, 5.41) is 7.30. The molecule has 1 unspecified atom stereocenters. The minimum atomic E-state index is 0.263. The first-order chi connectivity index (χ1) is 16.7. The molecular formula is C26H23ClN6O. The van der Waals surface area contributed by atoms with Crippen molar-refractivity contribution in [3.8, 4) is 11.4 Å². The van der Waals surface area contributed by atoms with Crippen LogP contribution < -0.4 is 15.4 Å². The average Bonchev–Trinajstić information content (AvgIpc) is 3.48. The molecular weight excluding hydrogens is 448 g/mol. The molecule has 2 aliphatic rings. The molecule has 2 N–H and O–H groups in total. The molecule has 34 heavy (non-hydrogen) atoms. The van der Waals surface area contributed by atoms with Crippen molar-refractivity contribution in [2.24, 2.45) is 0 Å². The zero-order chi connectivity index (χ0) is 22.9. The SMILES string of the molecule is Clc1cn(-c2ccc3cc2OC/C=C/CNc2nc(nc4c2CCC4c2ccccc2)N3)cn1. The molecule has 2 aromatic heterocycles. The molecule has 170 valence electrons. The molecule has 1 aliphatic carbocycles. The Morgan fingerprint density at radius 3 is 2.82 bits per heavy atom. The van der Waals surface area contributed by atoms with E-state index in [1.54, 1.807) is 12.5 Å². The monoisotopic (exact) mass is 470 g/mol. The van der Waals surface area contributed by atoms with Crippen molar-refractivity contribution in [3.63, 3.8) is 0 Å². The van der Waals surface area contributed by atoms with Gasteiger partial charge in [-0.1, -0.05) is 48.0 Å². The summed E-state index contributed by atoms with van der Waals surface area (Å²) in [4.78, 5) is 13.9. The number of rotatable bonds is 2. The summed E-state index contributed by atoms with van der Waals surface area (Å²) in [6.45, 7) is 1.10. The summed E-state index contributed by atoms with van der Waals surface area (Å²) >= 11 is 6.04. The first-order valence-electron chi connectivity index (χ1n) is 11.3. The lowest BCUT2D eigenvalue weighted by Crippen LogP contribution is -2.10. The smallest absolute Gasteiger partial charge is 0.229 e. The van der Waals surface area contributed by atoms with Gasteiger partial charge >= 0.3 is 0 Å². The standard InChI is InChI=1S/C26H23ClN6O/c27-23-15-33(16-29-23)21-11-8-18-14-22(21)34-13-5-4-12-28-25-20-10-9-19(17-6-2-1-3-7-17)24(20)31-26(30-18)32-25/h1-8,11,14-16,19H,9-10,12-13H2,(H2,28,30,31,32)/b5-4+. The van der Waals surface area contributed by atoms with Gasteiger partial charge in [0.25, 0.3) is 0 Å². The summed E-state index contributed by atoms with van der Waals surface area (Å²) in [5.74, 6) is 2.43. The second kappa shape index (κ2) is 8.83. The van der Waals surface area contributed by atoms with Gasteiger partial charge in [0.1, 0.15) is 29.7 Å². The van der Waals surface area contributed by atoms with Gasteiger partial charge in [-0.3, -0.25) is 0 Å². The zero-order valence-corrected chi connectivity index (χ0v) is 19.2. The van der Waals surface area contributed by atoms with Crippen molar-refractivity contribution in [1.82, 2.24) is 19.5 Å². The number of imidazole rings is 1. The number of benzene rings is 2. The number of nitrogens with zero attached hydrogens (tertiary/aromatic N) is 4. The van der Waals surface area contributed by atoms with Crippen LogP contribution >= 0.6 is 11.6 Å². The van der Waals surface area contributed by atoms with Crippen LogP contribution in [0.3, 0.4) is 0 Å². The molecule has 1 aliphatic heterocycles. The van der Waals surface area contributed by atoms with E-state index in [0.29, 0.717) is 30.0 Å². The molecule has 0 saturated heterocycles. The van der Waals surface area contributed by atoms with E-state index in [9.17, 15) is 0 Å². The summed E-state index contributed by atoms with van der Waals surface area (Å²) in [7, 11) is 0. The van der Waals surface area contributed by atoms with E-state index in [1.165, 1.54) is 11.1 Å². The number of hydrogen-bond acceptors (Lipinski definition) is 6. The van der Waals surface area contributed by atoms with E-state index in [2.05, 4.69) is 46.0 Å². The summed E-state index contributed by atoms with van der Waals surface area (Å²) in [6, 6.07) is 16.5. The molecule has 3 heterocycles. The number of fused-ring (bicyclic) bond motifs is 6. The molecule has 0 radical (unpaired) electrons. The van der Waals surface area contributed by atoms with Crippen molar-refractivity contribution < 1.29 is 4.74 Å². The maximum absolute atomic E-state index is 6.08. The predicted octanol–water partition coefficient (Wildman–Crippen LogP) is 5.50. The third kappa shape index (κ3) is 3.99. The van der Waals surface area contributed by atoms with Crippen LogP contribution in [0, 0.1) is 0 Å². The Kier molecular flexibility index (Phi) is 5.39. The van der Waals surface area contributed by atoms with Crippen LogP contribution in [0.1, 0.15) is 29.2 Å². The van der Waals surface area contributed by atoms with Gasteiger partial charge < -0.3 is 19.9 Å². The van der Waals surface area contributed by atoms with Gasteiger partial charge in [-0.2, -0.15) is 4.98 Å². The molecule has 6 rings (SSSR count). The van der Waals surface area contributed by atoms with Crippen molar-refractivity contribution in [1.29, 1.82) is 0 Å². The van der Waals surface area contributed by atoms with Crippen LogP contribution in [-0.2, 0) is 6.42 Å². The summed E-state index contributed by atoms with van der Waals surface area (Å²) in [5.41, 5.74) is 5.27. The minimum Gasteiger partial charge on any atom is -0.487 e. The van der Waals surface area contributed by atoms with E-state index in [4.69, 9.17) is 26.3 Å². The lowest BCUT2D eigenvalue weighted by Gasteiger charge is -2.16. The van der Waals surface area contributed by atoms with Gasteiger partial charge in [-0.25, -0.2) is 9.97 Å². The Labute approximate surface area is 202 Å². The number of nitrogens with one attached hydrogen (secondary N) is 2. The van der Waals surface area contributed by atoms with Gasteiger partial charge in [0.2, 0.25) is 5.95 Å². The molecule has 0 amide bonds. The second-order valence-electron chi connectivity index (χ2n) is 8.34. The fraction of sp³-hybridized carbons (Fsp3) is 0.192. The molecule has 4 aromatic rings. The van der Waals surface area contributed by atoms with Crippen LogP contribution in [0.25, 0.3) is 5.69 Å². The van der Waals surface area contributed by atoms with E-state index in [1.807, 2.05) is 34.9 Å². The molecule has 8 heteroatoms. The number of anilines is 3. The van der Waals surface area contributed by atoms with Crippen molar-refractivity contribution in [2.75, 3.05) is 23.8 Å². The van der Waals surface area contributed by atoms with E-state index in [-0.39, 0.29) is 5.92 Å². The van der Waals surface area contributed by atoms with Crippen molar-refractivity contribution in [3.05, 3.63) is 95.2 Å². The Balaban J connectivity index is 1.41. The van der Waals surface area contributed by atoms with E-state index < -0.39 is 0 Å². The Bertz CT molecular complexity index is 1370. The molecule has 2 aromatic carbocycles. The number of halogens is 1. The Hall–Kier alpha value is -3.84. The van der Waals surface area contributed by atoms with Crippen LogP contribution in [0.5, 0.6) is 5.75 Å². The normalized spacial score (nSPS) is 17.7. The van der Waals surface area contributed by atoms with Gasteiger partial charge in [0.15, 0.2) is 0 Å². The summed E-state index contributed by atoms with van der Waals surface area (Å²) in [6.07, 6.45) is 9.47. The zero-order valence-electron chi connectivity index (χ0n) is 18.4. The highest BCUT2D eigenvalue weighted by Crippen LogP contribution is 2.40. The number of aromatic nitrogens is 4. The van der Waals surface area contributed by atoms with Crippen LogP contribution in [0.2, 0.25) is 5.15 Å². The van der Waals surface area contributed by atoms with Crippen molar-refractivity contribution in [2.45, 2.75) is 18.8 Å². The molecule has 0 saturated carbocycles. The lowest BCUT2D eigenvalue weighted by atomic mass is 9.97. The fourth-order valence-corrected chi connectivity index (χ4v) is 4.75. The largest absolute Gasteiger partial charge is 0.487 e. The molecule has 0 fully saturated rings. The number of hydrogen-bond donors (Lipinski definition) is 2. The third-order valence-electron chi connectivity index (χ3n) is 6.19. The first-order valence-corrected chi connectivity index (χ1v) is 11.7. The molecule has 1 atom stereocenters. The van der Waals surface area contributed by atoms with Gasteiger partial charge in [-0.05, 0) is 36.6 Å². The fourth-order valence-electron chi connectivity index (χ4n) is 4.60. The van der Waals surface area contributed by atoms with E-state index >= 15 is 0 Å². The van der Waals surface area contributed by atoms with Crippen LogP contribution in [-0.4, -0.2) is 32.7 Å². The quantitative estimate of drug-likeness (QED) is 0.377. The van der Waals surface area contributed by atoms with Crippen LogP contribution in [0.15, 0.2) is 73.2 Å². The highest BCUT2D eigenvalue weighted by Gasteiger charge is 2.29. The molecule has 4 bridgehead atoms. The third-order valence-corrected chi connectivity index (χ3v) is 6.38. The second-order valence-corrected chi connectivity index (χ2v) is 8.72. The highest BCUT2D eigenvalue weighted by atomic mass is 35.5. The van der Waals surface area contributed by atoms with Crippen molar-refractivity contribution >= 4 is 29.1 Å². The first kappa shape index (κ1) is 20.7. The van der Waals surface area contributed by atoms with E-state index in [0.717, 1.165) is 35.7 Å². The minimum absolute atomic E-state index is 0.263. The maximum atomic E-state index is 6.08. The Morgan fingerprint density at radius 2 is 1.97 bits per heavy atom. The summed E-state index contributed by atoms with van der Waals surface area (Å²) < 4.78 is 7.93. The lowest BCUT2D eigenvalue weighted by molar-refractivity contribution is 0.361. The number of ether oxygens (including phenoxy) is 1. The predicted molar refractivity (Wildman–Crippen MR) is 134 cm³/mol. The topological polar surface area (TPSA) is 76.9 Å². The molecule has 7 nitrogen and oxygen atoms in total. The Morgan fingerprint density at radius 1 is 1.06 bits per heavy atom. The molecule has 0 spiro atoms. The van der Waals surface area contributed by atoms with Crippen LogP contribution in [0.4, 0.5) is 17.5 Å². The van der Waals surface area contributed by atoms with Gasteiger partial charge in [0, 0.05) is 36.0 Å². The highest BCUT2D eigenvalue weighted by molar-refractivity contribution is 6.29. The van der Waals surface area contributed by atoms with Gasteiger partial charge in [0.05, 0.1) is 11.4 Å². The van der Waals surface area contributed by atoms with Gasteiger partial charge in [-0.15, -0.1) is 0 Å². The maximum Gasteiger partial charge on any atom is 0.229 e. The average molecular weight is 471 g/mol.